The standard InChI is InChI=1S/C17H24ClN5OS/c1-11(2)23-16(12(18)10-19-23)14-9-15-13(7-6-8-22(15)20-14)21-25(24)17(3,4)5/h9-11H,6-8H2,1-5H3/b21-13+. The van der Waals surface area contributed by atoms with E-state index in [1.54, 1.807) is 6.20 Å². The highest BCUT2D eigenvalue weighted by molar-refractivity contribution is 7.91. The first-order valence-corrected chi connectivity index (χ1v) is 9.98. The van der Waals surface area contributed by atoms with Crippen LogP contribution < -0.4 is 0 Å². The third-order valence-electron chi connectivity index (χ3n) is 4.06. The van der Waals surface area contributed by atoms with Crippen LogP contribution in [0.2, 0.25) is 5.02 Å². The Labute approximate surface area is 156 Å². The lowest BCUT2D eigenvalue weighted by Gasteiger charge is -2.21. The normalized spacial score (nSPS) is 18.0. The molecule has 1 aliphatic heterocycles. The van der Waals surface area contributed by atoms with Gasteiger partial charge in [-0.05, 0) is 53.5 Å². The SMILES string of the molecule is CC(C)n1ncc(Cl)c1-c1cc2n(n1)CCC/C2=N\[S+]([O-])C(C)(C)C. The molecule has 0 aliphatic carbocycles. The third kappa shape index (κ3) is 3.64. The van der Waals surface area contributed by atoms with Crippen molar-refractivity contribution in [3.63, 3.8) is 0 Å². The van der Waals surface area contributed by atoms with Gasteiger partial charge in [-0.25, -0.2) is 0 Å². The van der Waals surface area contributed by atoms with Crippen LogP contribution in [0.3, 0.4) is 0 Å². The van der Waals surface area contributed by atoms with Gasteiger partial charge in [-0.2, -0.15) is 10.2 Å². The number of rotatable bonds is 3. The fraction of sp³-hybridized carbons (Fsp3) is 0.588. The summed E-state index contributed by atoms with van der Waals surface area (Å²) in [5.74, 6) is 0. The average molecular weight is 382 g/mol. The predicted octanol–water partition coefficient (Wildman–Crippen LogP) is 4.03. The van der Waals surface area contributed by atoms with Crippen LogP contribution in [0.1, 0.15) is 59.2 Å². The Morgan fingerprint density at radius 3 is 2.72 bits per heavy atom. The topological polar surface area (TPSA) is 71.1 Å². The van der Waals surface area contributed by atoms with E-state index < -0.39 is 11.4 Å². The van der Waals surface area contributed by atoms with Gasteiger partial charge >= 0.3 is 0 Å². The molecule has 1 unspecified atom stereocenters. The van der Waals surface area contributed by atoms with Gasteiger partial charge in [-0.1, -0.05) is 16.0 Å². The van der Waals surface area contributed by atoms with E-state index in [2.05, 4.69) is 23.3 Å². The van der Waals surface area contributed by atoms with E-state index in [4.69, 9.17) is 16.7 Å². The van der Waals surface area contributed by atoms with Crippen molar-refractivity contribution in [2.75, 3.05) is 0 Å². The molecule has 3 heterocycles. The van der Waals surface area contributed by atoms with Gasteiger partial charge in [0.25, 0.3) is 0 Å². The lowest BCUT2D eigenvalue weighted by molar-refractivity contribution is 0.534. The molecule has 0 spiro atoms. The van der Waals surface area contributed by atoms with E-state index in [9.17, 15) is 4.55 Å². The van der Waals surface area contributed by atoms with Gasteiger partial charge in [0, 0.05) is 12.6 Å². The van der Waals surface area contributed by atoms with Gasteiger partial charge in [-0.3, -0.25) is 9.36 Å². The lowest BCUT2D eigenvalue weighted by atomic mass is 10.1. The highest BCUT2D eigenvalue weighted by Crippen LogP contribution is 2.31. The van der Waals surface area contributed by atoms with Crippen LogP contribution in [-0.2, 0) is 17.9 Å². The predicted molar refractivity (Wildman–Crippen MR) is 103 cm³/mol. The number of halogens is 1. The summed E-state index contributed by atoms with van der Waals surface area (Å²) in [6, 6.07) is 2.17. The van der Waals surface area contributed by atoms with Gasteiger partial charge in [0.05, 0.1) is 16.9 Å². The van der Waals surface area contributed by atoms with Crippen LogP contribution in [0.25, 0.3) is 11.4 Å². The van der Waals surface area contributed by atoms with Crippen molar-refractivity contribution in [2.24, 2.45) is 4.40 Å². The minimum Gasteiger partial charge on any atom is -0.591 e. The molecule has 0 saturated carbocycles. The zero-order chi connectivity index (χ0) is 18.4. The summed E-state index contributed by atoms with van der Waals surface area (Å²) in [5.41, 5.74) is 3.37. The van der Waals surface area contributed by atoms with E-state index >= 15 is 0 Å². The summed E-state index contributed by atoms with van der Waals surface area (Å²) in [6.45, 7) is 10.7. The Morgan fingerprint density at radius 2 is 2.08 bits per heavy atom. The largest absolute Gasteiger partial charge is 0.591 e. The summed E-state index contributed by atoms with van der Waals surface area (Å²) < 4.78 is 20.4. The van der Waals surface area contributed by atoms with E-state index in [0.717, 1.165) is 42.2 Å². The van der Waals surface area contributed by atoms with Gasteiger partial charge in [0.1, 0.15) is 33.2 Å². The fourth-order valence-electron chi connectivity index (χ4n) is 2.76. The Kier molecular flexibility index (Phi) is 5.01. The van der Waals surface area contributed by atoms with E-state index in [-0.39, 0.29) is 10.8 Å². The van der Waals surface area contributed by atoms with Crippen LogP contribution in [0.4, 0.5) is 0 Å². The van der Waals surface area contributed by atoms with Crippen molar-refractivity contribution >= 4 is 28.7 Å². The molecule has 0 saturated heterocycles. The summed E-state index contributed by atoms with van der Waals surface area (Å²) in [6.07, 6.45) is 3.40. The molecule has 2 aromatic rings. The molecule has 0 radical (unpaired) electrons. The monoisotopic (exact) mass is 381 g/mol. The molecule has 1 aliphatic rings. The lowest BCUT2D eigenvalue weighted by Crippen LogP contribution is -2.28. The second-order valence-electron chi connectivity index (χ2n) is 7.52. The molecule has 0 fully saturated rings. The first-order valence-electron chi connectivity index (χ1n) is 8.49. The fourth-order valence-corrected chi connectivity index (χ4v) is 3.65. The van der Waals surface area contributed by atoms with Crippen LogP contribution in [0.15, 0.2) is 16.7 Å². The minimum absolute atomic E-state index is 0.183. The summed E-state index contributed by atoms with van der Waals surface area (Å²) in [7, 11) is 0. The van der Waals surface area contributed by atoms with E-state index in [0.29, 0.717) is 5.02 Å². The van der Waals surface area contributed by atoms with Crippen LogP contribution in [-0.4, -0.2) is 34.6 Å². The number of hydrogen-bond donors (Lipinski definition) is 0. The van der Waals surface area contributed by atoms with Crippen LogP contribution >= 0.6 is 11.6 Å². The molecule has 0 N–H and O–H groups in total. The summed E-state index contributed by atoms with van der Waals surface area (Å²) in [4.78, 5) is 0. The van der Waals surface area contributed by atoms with Gasteiger partial charge in [0.2, 0.25) is 0 Å². The Hall–Kier alpha value is -1.31. The van der Waals surface area contributed by atoms with Crippen molar-refractivity contribution in [1.29, 1.82) is 0 Å². The Bertz CT molecular complexity index is 803. The number of fused-ring (bicyclic) bond motifs is 1. The van der Waals surface area contributed by atoms with Gasteiger partial charge in [-0.15, -0.1) is 0 Å². The molecule has 6 nitrogen and oxygen atoms in total. The van der Waals surface area contributed by atoms with Crippen molar-refractivity contribution in [2.45, 2.75) is 64.8 Å². The maximum absolute atomic E-state index is 12.4. The van der Waals surface area contributed by atoms with Gasteiger partial charge < -0.3 is 4.55 Å². The molecule has 0 bridgehead atoms. The first-order chi connectivity index (χ1) is 11.7. The van der Waals surface area contributed by atoms with Crippen molar-refractivity contribution in [1.82, 2.24) is 19.6 Å². The summed E-state index contributed by atoms with van der Waals surface area (Å²) >= 11 is 5.07. The number of aryl methyl sites for hydroxylation is 1. The molecule has 1 atom stereocenters. The van der Waals surface area contributed by atoms with E-state index in [1.807, 2.05) is 36.2 Å². The van der Waals surface area contributed by atoms with Crippen molar-refractivity contribution in [3.8, 4) is 11.4 Å². The first kappa shape index (κ1) is 18.5. The van der Waals surface area contributed by atoms with Crippen molar-refractivity contribution < 1.29 is 4.55 Å². The Balaban J connectivity index is 2.04. The maximum Gasteiger partial charge on any atom is 0.144 e. The molecule has 25 heavy (non-hydrogen) atoms. The molecule has 8 heteroatoms. The smallest absolute Gasteiger partial charge is 0.144 e. The zero-order valence-corrected chi connectivity index (χ0v) is 16.9. The van der Waals surface area contributed by atoms with Gasteiger partial charge in [0.15, 0.2) is 0 Å². The Morgan fingerprint density at radius 1 is 1.36 bits per heavy atom. The molecule has 0 aromatic carbocycles. The quantitative estimate of drug-likeness (QED) is 0.753. The second kappa shape index (κ2) is 6.78. The zero-order valence-electron chi connectivity index (χ0n) is 15.3. The average Bonchev–Trinajstić information content (AvgIpc) is 3.09. The summed E-state index contributed by atoms with van der Waals surface area (Å²) in [5, 5.41) is 9.65. The number of hydrogen-bond acceptors (Lipinski definition) is 4. The van der Waals surface area contributed by atoms with Crippen LogP contribution in [0, 0.1) is 0 Å². The number of aromatic nitrogens is 4. The number of nitrogens with zero attached hydrogens (tertiary/aromatic N) is 5. The van der Waals surface area contributed by atoms with Crippen LogP contribution in [0.5, 0.6) is 0 Å². The molecule has 2 aromatic heterocycles. The van der Waals surface area contributed by atoms with Crippen molar-refractivity contribution in [3.05, 3.63) is 23.0 Å². The highest BCUT2D eigenvalue weighted by Gasteiger charge is 2.30. The minimum atomic E-state index is -1.28. The molecule has 3 rings (SSSR count). The molecule has 0 amide bonds. The second-order valence-corrected chi connectivity index (χ2v) is 9.83. The third-order valence-corrected chi connectivity index (χ3v) is 5.77. The molecular formula is C17H24ClN5OS. The highest BCUT2D eigenvalue weighted by atomic mass is 35.5. The molecule has 136 valence electrons. The maximum atomic E-state index is 12.4. The molecular weight excluding hydrogens is 358 g/mol. The van der Waals surface area contributed by atoms with E-state index in [1.165, 1.54) is 0 Å².